The van der Waals surface area contributed by atoms with E-state index in [0.29, 0.717) is 10.2 Å². The summed E-state index contributed by atoms with van der Waals surface area (Å²) in [5, 5.41) is 13.6. The molecule has 2 aromatic carbocycles. The van der Waals surface area contributed by atoms with Crippen molar-refractivity contribution in [3.05, 3.63) is 63.6 Å². The van der Waals surface area contributed by atoms with Gasteiger partial charge in [-0.05, 0) is 29.8 Å². The number of benzene rings is 2. The molecule has 3 rings (SSSR count). The Morgan fingerprint density at radius 3 is 2.81 bits per heavy atom. The fraction of sp³-hybridized carbons (Fsp3) is 0.111. The Hall–Kier alpha value is -2.16. The number of aromatic nitrogens is 3. The van der Waals surface area contributed by atoms with Gasteiger partial charge >= 0.3 is 0 Å². The summed E-state index contributed by atoms with van der Waals surface area (Å²) >= 11 is 10.6. The molecule has 0 aliphatic rings. The van der Waals surface area contributed by atoms with E-state index in [9.17, 15) is 4.79 Å². The van der Waals surface area contributed by atoms with E-state index < -0.39 is 0 Å². The first kappa shape index (κ1) is 19.6. The SMILES string of the molecule is Cn1c(SCC(=O)N/N=C\c2cccc(Cl)c2)nnc1-c1ccc(Br)cc1. The van der Waals surface area contributed by atoms with Crippen molar-refractivity contribution in [3.8, 4) is 11.4 Å². The van der Waals surface area contributed by atoms with Gasteiger partial charge in [-0.15, -0.1) is 10.2 Å². The fourth-order valence-electron chi connectivity index (χ4n) is 2.22. The second kappa shape index (κ2) is 9.16. The summed E-state index contributed by atoms with van der Waals surface area (Å²) in [6.07, 6.45) is 1.54. The second-order valence-corrected chi connectivity index (χ2v) is 7.80. The third kappa shape index (κ3) is 5.41. The predicted molar refractivity (Wildman–Crippen MR) is 112 cm³/mol. The smallest absolute Gasteiger partial charge is 0.250 e. The number of hydrazone groups is 1. The van der Waals surface area contributed by atoms with Crippen LogP contribution in [0.25, 0.3) is 11.4 Å². The third-order valence-corrected chi connectivity index (χ3v) is 5.31. The molecule has 0 aliphatic carbocycles. The van der Waals surface area contributed by atoms with Gasteiger partial charge in [-0.1, -0.05) is 63.6 Å². The van der Waals surface area contributed by atoms with Crippen molar-refractivity contribution in [2.75, 3.05) is 5.75 Å². The van der Waals surface area contributed by atoms with Gasteiger partial charge in [0, 0.05) is 22.1 Å². The molecule has 6 nitrogen and oxygen atoms in total. The van der Waals surface area contributed by atoms with Gasteiger partial charge in [0.2, 0.25) is 0 Å². The first-order valence-corrected chi connectivity index (χ1v) is 10.0. The standard InChI is InChI=1S/C18H15BrClN5OS/c1-25-17(13-5-7-14(19)8-6-13)23-24-18(25)27-11-16(26)22-21-10-12-3-2-4-15(20)9-12/h2-10H,11H2,1H3,(H,22,26)/b21-10-. The van der Waals surface area contributed by atoms with E-state index >= 15 is 0 Å². The lowest BCUT2D eigenvalue weighted by Crippen LogP contribution is -2.19. The zero-order chi connectivity index (χ0) is 19.2. The molecule has 0 saturated carbocycles. The molecule has 3 aromatic rings. The van der Waals surface area contributed by atoms with Crippen LogP contribution in [0.5, 0.6) is 0 Å². The molecule has 1 heterocycles. The molecule has 0 bridgehead atoms. The molecule has 0 aliphatic heterocycles. The van der Waals surface area contributed by atoms with E-state index in [2.05, 4.69) is 36.7 Å². The average Bonchev–Trinajstić information content (AvgIpc) is 3.01. The Morgan fingerprint density at radius 1 is 1.30 bits per heavy atom. The maximum absolute atomic E-state index is 12.0. The highest BCUT2D eigenvalue weighted by atomic mass is 79.9. The van der Waals surface area contributed by atoms with E-state index in [-0.39, 0.29) is 11.7 Å². The van der Waals surface area contributed by atoms with E-state index in [4.69, 9.17) is 11.6 Å². The van der Waals surface area contributed by atoms with Gasteiger partial charge in [0.15, 0.2) is 11.0 Å². The van der Waals surface area contributed by atoms with Crippen molar-refractivity contribution in [1.29, 1.82) is 0 Å². The minimum Gasteiger partial charge on any atom is -0.305 e. The molecule has 0 fully saturated rings. The number of carbonyl (C=O) groups excluding carboxylic acids is 1. The zero-order valence-corrected chi connectivity index (χ0v) is 17.4. The Labute approximate surface area is 174 Å². The van der Waals surface area contributed by atoms with Gasteiger partial charge in [0.05, 0.1) is 12.0 Å². The number of rotatable bonds is 6. The number of thioether (sulfide) groups is 1. The number of hydrogen-bond donors (Lipinski definition) is 1. The van der Waals surface area contributed by atoms with Crippen LogP contribution in [-0.2, 0) is 11.8 Å². The van der Waals surface area contributed by atoms with Crippen LogP contribution in [0.3, 0.4) is 0 Å². The highest BCUT2D eigenvalue weighted by Gasteiger charge is 2.12. The molecule has 0 spiro atoms. The van der Waals surface area contributed by atoms with E-state index in [1.807, 2.05) is 48.0 Å². The fourth-order valence-corrected chi connectivity index (χ4v) is 3.39. The van der Waals surface area contributed by atoms with Gasteiger partial charge in [-0.3, -0.25) is 4.79 Å². The Bertz CT molecular complexity index is 974. The number of nitrogens with one attached hydrogen (secondary N) is 1. The number of amides is 1. The highest BCUT2D eigenvalue weighted by molar-refractivity contribution is 9.10. The number of halogens is 2. The Kier molecular flexibility index (Phi) is 6.65. The number of carbonyl (C=O) groups is 1. The van der Waals surface area contributed by atoms with Crippen LogP contribution >= 0.6 is 39.3 Å². The van der Waals surface area contributed by atoms with Gasteiger partial charge in [-0.25, -0.2) is 5.43 Å². The zero-order valence-electron chi connectivity index (χ0n) is 14.3. The van der Waals surface area contributed by atoms with Crippen molar-refractivity contribution in [2.24, 2.45) is 12.1 Å². The van der Waals surface area contributed by atoms with Crippen molar-refractivity contribution >= 4 is 51.4 Å². The lowest BCUT2D eigenvalue weighted by atomic mass is 10.2. The lowest BCUT2D eigenvalue weighted by Gasteiger charge is -2.04. The van der Waals surface area contributed by atoms with Gasteiger partial charge < -0.3 is 4.57 Å². The first-order valence-electron chi connectivity index (χ1n) is 7.88. The summed E-state index contributed by atoms with van der Waals surface area (Å²) in [7, 11) is 1.87. The van der Waals surface area contributed by atoms with Crippen LogP contribution in [0.15, 0.2) is 63.3 Å². The lowest BCUT2D eigenvalue weighted by molar-refractivity contribution is -0.118. The topological polar surface area (TPSA) is 72.2 Å². The molecule has 138 valence electrons. The molecule has 0 saturated heterocycles. The van der Waals surface area contributed by atoms with Crippen molar-refractivity contribution in [1.82, 2.24) is 20.2 Å². The van der Waals surface area contributed by atoms with Crippen LogP contribution < -0.4 is 5.43 Å². The molecule has 0 radical (unpaired) electrons. The van der Waals surface area contributed by atoms with Gasteiger partial charge in [-0.2, -0.15) is 5.10 Å². The van der Waals surface area contributed by atoms with Gasteiger partial charge in [0.25, 0.3) is 5.91 Å². The largest absolute Gasteiger partial charge is 0.305 e. The van der Waals surface area contributed by atoms with Crippen LogP contribution in [0, 0.1) is 0 Å². The summed E-state index contributed by atoms with van der Waals surface area (Å²) in [5.41, 5.74) is 4.25. The highest BCUT2D eigenvalue weighted by Crippen LogP contribution is 2.23. The maximum atomic E-state index is 12.0. The average molecular weight is 465 g/mol. The van der Waals surface area contributed by atoms with E-state index in [1.54, 1.807) is 18.3 Å². The van der Waals surface area contributed by atoms with Crippen LogP contribution in [-0.4, -0.2) is 32.6 Å². The quantitative estimate of drug-likeness (QED) is 0.338. The summed E-state index contributed by atoms with van der Waals surface area (Å²) in [6.45, 7) is 0. The number of hydrogen-bond acceptors (Lipinski definition) is 5. The van der Waals surface area contributed by atoms with Crippen LogP contribution in [0.2, 0.25) is 5.02 Å². The first-order chi connectivity index (χ1) is 13.0. The minimum atomic E-state index is -0.230. The molecule has 1 N–H and O–H groups in total. The molecule has 9 heteroatoms. The Balaban J connectivity index is 1.55. The third-order valence-electron chi connectivity index (χ3n) is 3.52. The molecular weight excluding hydrogens is 450 g/mol. The van der Waals surface area contributed by atoms with Crippen molar-refractivity contribution in [3.63, 3.8) is 0 Å². The monoisotopic (exact) mass is 463 g/mol. The molecule has 1 aromatic heterocycles. The predicted octanol–water partition coefficient (Wildman–Crippen LogP) is 4.14. The Morgan fingerprint density at radius 2 is 2.07 bits per heavy atom. The van der Waals surface area contributed by atoms with Crippen LogP contribution in [0.4, 0.5) is 0 Å². The molecule has 1 amide bonds. The molecular formula is C18H15BrClN5OS. The van der Waals surface area contributed by atoms with E-state index in [0.717, 1.165) is 21.4 Å². The summed E-state index contributed by atoms with van der Waals surface area (Å²) in [4.78, 5) is 12.0. The number of nitrogens with zero attached hydrogens (tertiary/aromatic N) is 4. The normalized spacial score (nSPS) is 11.1. The summed E-state index contributed by atoms with van der Waals surface area (Å²) < 4.78 is 2.86. The molecule has 0 atom stereocenters. The summed E-state index contributed by atoms with van der Waals surface area (Å²) in [6, 6.07) is 15.0. The van der Waals surface area contributed by atoms with E-state index in [1.165, 1.54) is 11.8 Å². The molecule has 27 heavy (non-hydrogen) atoms. The summed E-state index contributed by atoms with van der Waals surface area (Å²) in [5.74, 6) is 0.690. The maximum Gasteiger partial charge on any atom is 0.250 e. The van der Waals surface area contributed by atoms with Crippen molar-refractivity contribution < 1.29 is 4.79 Å². The molecule has 0 unspecified atom stereocenters. The van der Waals surface area contributed by atoms with Gasteiger partial charge in [0.1, 0.15) is 0 Å². The minimum absolute atomic E-state index is 0.180. The van der Waals surface area contributed by atoms with Crippen molar-refractivity contribution in [2.45, 2.75) is 5.16 Å². The second-order valence-electron chi connectivity index (χ2n) is 5.51. The van der Waals surface area contributed by atoms with Crippen LogP contribution in [0.1, 0.15) is 5.56 Å².